The zero-order valence-corrected chi connectivity index (χ0v) is 15.0. The van der Waals surface area contributed by atoms with Crippen LogP contribution in [0.25, 0.3) is 10.9 Å². The maximum Gasteiger partial charge on any atom is 0.224 e. The Kier molecular flexibility index (Phi) is 3.74. The van der Waals surface area contributed by atoms with Gasteiger partial charge >= 0.3 is 0 Å². The second kappa shape index (κ2) is 6.39. The molecule has 8 nitrogen and oxygen atoms in total. The Balaban J connectivity index is 1.48. The third kappa shape index (κ3) is 3.10. The summed E-state index contributed by atoms with van der Waals surface area (Å²) >= 11 is 0. The second-order valence-electron chi connectivity index (χ2n) is 6.84. The van der Waals surface area contributed by atoms with Crippen LogP contribution in [0.2, 0.25) is 0 Å². The summed E-state index contributed by atoms with van der Waals surface area (Å²) in [5.74, 6) is 2.72. The Morgan fingerprint density at radius 1 is 1.19 bits per heavy atom. The number of aromatic nitrogens is 6. The summed E-state index contributed by atoms with van der Waals surface area (Å²) < 4.78 is 0. The summed E-state index contributed by atoms with van der Waals surface area (Å²) in [6.07, 6.45) is 10.7. The van der Waals surface area contributed by atoms with Crippen LogP contribution in [0.15, 0.2) is 36.9 Å². The van der Waals surface area contributed by atoms with E-state index in [0.717, 1.165) is 33.7 Å². The lowest BCUT2D eigenvalue weighted by molar-refractivity contribution is 0.965. The Morgan fingerprint density at radius 3 is 2.96 bits per heavy atom. The highest BCUT2D eigenvalue weighted by atomic mass is 15.2. The summed E-state index contributed by atoms with van der Waals surface area (Å²) in [6.45, 7) is 0. The van der Waals surface area contributed by atoms with Crippen LogP contribution in [0.1, 0.15) is 35.6 Å². The molecule has 1 aliphatic carbocycles. The highest BCUT2D eigenvalue weighted by molar-refractivity contribution is 5.82. The van der Waals surface area contributed by atoms with Crippen molar-refractivity contribution < 1.29 is 0 Å². The molecule has 0 aromatic carbocycles. The number of anilines is 3. The van der Waals surface area contributed by atoms with Crippen molar-refractivity contribution in [3.05, 3.63) is 53.7 Å². The van der Waals surface area contributed by atoms with E-state index in [1.165, 1.54) is 18.5 Å². The van der Waals surface area contributed by atoms with Gasteiger partial charge in [0.15, 0.2) is 5.82 Å². The molecule has 0 atom stereocenters. The highest BCUT2D eigenvalue weighted by Gasteiger charge is 2.25. The van der Waals surface area contributed by atoms with Gasteiger partial charge in [0.05, 0.1) is 11.7 Å². The highest BCUT2D eigenvalue weighted by Crippen LogP contribution is 2.39. The molecule has 1 saturated carbocycles. The van der Waals surface area contributed by atoms with Gasteiger partial charge in [-0.2, -0.15) is 10.1 Å². The maximum atomic E-state index is 4.60. The monoisotopic (exact) mass is 360 g/mol. The zero-order valence-electron chi connectivity index (χ0n) is 15.0. The molecule has 1 fully saturated rings. The van der Waals surface area contributed by atoms with E-state index in [9.17, 15) is 0 Å². The number of rotatable bonds is 6. The topological polar surface area (TPSA) is 107 Å². The van der Waals surface area contributed by atoms with Crippen molar-refractivity contribution in [2.45, 2.75) is 25.2 Å². The molecular weight excluding hydrogens is 340 g/mol. The first-order valence-electron chi connectivity index (χ1n) is 9.06. The third-order valence-corrected chi connectivity index (χ3v) is 4.89. The van der Waals surface area contributed by atoms with Crippen LogP contribution >= 0.6 is 0 Å². The fraction of sp³-hybridized carbons (Fsp3) is 0.263. The molecule has 0 saturated heterocycles. The van der Waals surface area contributed by atoms with E-state index in [4.69, 9.17) is 0 Å². The minimum absolute atomic E-state index is 0.567. The van der Waals surface area contributed by atoms with Gasteiger partial charge in [0, 0.05) is 60.7 Å². The lowest BCUT2D eigenvalue weighted by Gasteiger charge is -2.11. The quantitative estimate of drug-likeness (QED) is 0.420. The van der Waals surface area contributed by atoms with Gasteiger partial charge in [-0.3, -0.25) is 10.1 Å². The smallest absolute Gasteiger partial charge is 0.224 e. The van der Waals surface area contributed by atoms with Crippen LogP contribution < -0.4 is 10.6 Å². The lowest BCUT2D eigenvalue weighted by Crippen LogP contribution is -2.05. The molecule has 0 amide bonds. The largest absolute Gasteiger partial charge is 0.360 e. The van der Waals surface area contributed by atoms with Crippen molar-refractivity contribution in [1.29, 1.82) is 0 Å². The number of nitrogens with zero attached hydrogens (tertiary/aromatic N) is 4. The fourth-order valence-electron chi connectivity index (χ4n) is 3.28. The van der Waals surface area contributed by atoms with Gasteiger partial charge in [0.2, 0.25) is 5.95 Å². The maximum absolute atomic E-state index is 4.60. The molecule has 4 aromatic heterocycles. The molecule has 4 aromatic rings. The molecule has 5 rings (SSSR count). The van der Waals surface area contributed by atoms with Gasteiger partial charge in [-0.15, -0.1) is 0 Å². The molecule has 0 radical (unpaired) electrons. The number of pyridine rings is 1. The van der Waals surface area contributed by atoms with Crippen LogP contribution in [-0.2, 0) is 6.42 Å². The average Bonchev–Trinajstić information content (AvgIpc) is 3.23. The summed E-state index contributed by atoms with van der Waals surface area (Å²) in [7, 11) is 1.81. The number of H-pyrrole nitrogens is 2. The number of fused-ring (bicyclic) bond motifs is 1. The predicted molar refractivity (Wildman–Crippen MR) is 104 cm³/mol. The first-order valence-corrected chi connectivity index (χ1v) is 9.06. The van der Waals surface area contributed by atoms with E-state index in [1.807, 2.05) is 31.8 Å². The molecule has 0 spiro atoms. The Hall–Kier alpha value is -3.42. The molecule has 8 heteroatoms. The van der Waals surface area contributed by atoms with Gasteiger partial charge in [0.1, 0.15) is 5.82 Å². The van der Waals surface area contributed by atoms with E-state index in [2.05, 4.69) is 52.9 Å². The van der Waals surface area contributed by atoms with Crippen molar-refractivity contribution in [2.75, 3.05) is 17.7 Å². The SMILES string of the molecule is CNc1ncc(Cc2cncc3[nH]ccc23)c(Nc2cc(C3CC3)[nH]n2)n1. The van der Waals surface area contributed by atoms with Crippen LogP contribution in [0.4, 0.5) is 17.6 Å². The molecule has 0 bridgehead atoms. The summed E-state index contributed by atoms with van der Waals surface area (Å²) in [4.78, 5) is 16.5. The van der Waals surface area contributed by atoms with Crippen LogP contribution in [0.3, 0.4) is 0 Å². The molecule has 4 heterocycles. The minimum atomic E-state index is 0.567. The van der Waals surface area contributed by atoms with E-state index < -0.39 is 0 Å². The number of nitrogens with one attached hydrogen (secondary N) is 4. The van der Waals surface area contributed by atoms with Crippen molar-refractivity contribution >= 4 is 28.5 Å². The first-order chi connectivity index (χ1) is 13.3. The van der Waals surface area contributed by atoms with Crippen molar-refractivity contribution in [3.63, 3.8) is 0 Å². The van der Waals surface area contributed by atoms with Gasteiger partial charge in [-0.1, -0.05) is 0 Å². The number of aromatic amines is 2. The van der Waals surface area contributed by atoms with E-state index in [1.54, 1.807) is 0 Å². The molecule has 1 aliphatic rings. The van der Waals surface area contributed by atoms with E-state index in [-0.39, 0.29) is 0 Å². The summed E-state index contributed by atoms with van der Waals surface area (Å²) in [5.41, 5.74) is 4.32. The van der Waals surface area contributed by atoms with Gasteiger partial charge in [-0.25, -0.2) is 4.98 Å². The fourth-order valence-corrected chi connectivity index (χ4v) is 3.28. The molecule has 136 valence electrons. The Morgan fingerprint density at radius 2 is 2.11 bits per heavy atom. The van der Waals surface area contributed by atoms with Gasteiger partial charge in [0.25, 0.3) is 0 Å². The number of hydrogen-bond acceptors (Lipinski definition) is 6. The Labute approximate surface area is 155 Å². The van der Waals surface area contributed by atoms with Gasteiger partial charge in [-0.05, 0) is 24.5 Å². The Bertz CT molecular complexity index is 1090. The molecule has 0 unspecified atom stereocenters. The molecular formula is C19H20N8. The zero-order chi connectivity index (χ0) is 18.2. The first kappa shape index (κ1) is 15.8. The third-order valence-electron chi connectivity index (χ3n) is 4.89. The van der Waals surface area contributed by atoms with Crippen LogP contribution in [0.5, 0.6) is 0 Å². The van der Waals surface area contributed by atoms with E-state index >= 15 is 0 Å². The molecule has 0 aliphatic heterocycles. The van der Waals surface area contributed by atoms with Crippen molar-refractivity contribution in [3.8, 4) is 0 Å². The lowest BCUT2D eigenvalue weighted by atomic mass is 10.1. The minimum Gasteiger partial charge on any atom is -0.360 e. The second-order valence-corrected chi connectivity index (χ2v) is 6.84. The number of hydrogen-bond donors (Lipinski definition) is 4. The van der Waals surface area contributed by atoms with Crippen LogP contribution in [-0.4, -0.2) is 37.2 Å². The van der Waals surface area contributed by atoms with E-state index in [0.29, 0.717) is 18.3 Å². The summed E-state index contributed by atoms with van der Waals surface area (Å²) in [5, 5.41) is 15.0. The van der Waals surface area contributed by atoms with Crippen molar-refractivity contribution in [1.82, 2.24) is 30.1 Å². The summed E-state index contributed by atoms with van der Waals surface area (Å²) in [6, 6.07) is 4.13. The van der Waals surface area contributed by atoms with Gasteiger partial charge < -0.3 is 15.6 Å². The molecule has 27 heavy (non-hydrogen) atoms. The average molecular weight is 360 g/mol. The predicted octanol–water partition coefficient (Wildman–Crippen LogP) is 3.33. The standard InChI is InChI=1S/C19H20N8/c1-20-19-23-9-13(6-12-8-21-10-16-14(12)4-5-22-16)18(25-19)24-17-7-15(26-27-17)11-2-3-11/h4-5,7-11,22H,2-3,6H2,1H3,(H3,20,23,24,25,26,27). The normalized spacial score (nSPS) is 13.8. The van der Waals surface area contributed by atoms with Crippen LogP contribution in [0, 0.1) is 0 Å². The van der Waals surface area contributed by atoms with Crippen molar-refractivity contribution in [2.24, 2.45) is 0 Å². The molecule has 4 N–H and O–H groups in total.